The molecule has 3 saturated heterocycles. The van der Waals surface area contributed by atoms with E-state index in [4.69, 9.17) is 4.74 Å². The summed E-state index contributed by atoms with van der Waals surface area (Å²) in [6.45, 7) is 22.2. The summed E-state index contributed by atoms with van der Waals surface area (Å²) in [5.74, 6) is 2.21. The van der Waals surface area contributed by atoms with Crippen LogP contribution in [0.25, 0.3) is 6.08 Å². The van der Waals surface area contributed by atoms with Crippen LogP contribution in [-0.2, 0) is 6.61 Å². The standard InChI is InChI=1S/C19H21NO2.C16H22N2O.C14H19NO.2C2H6/c21-19(17-10-12-20-13-11-17)16-6-8-18(9-7-16)22-14-15-4-2-1-3-5-15;1-4-12-11-14(5-6-15(12)18(2)3)16(19)13-7-9-17-10-8-13;1-10-3-4-13(9-11(10)2)14(16)12-5-7-15-8-6-12;2*1-2/h1-9,17,20H,10-14H2;4-6,11,13,17H,1,7-10H2,2-3H3;3-4,9,12,15H,5-8H2,1-2H3;2*1-2H3. The van der Waals surface area contributed by atoms with Gasteiger partial charge >= 0.3 is 0 Å². The predicted octanol–water partition coefficient (Wildman–Crippen LogP) is 10.6. The van der Waals surface area contributed by atoms with Crippen LogP contribution < -0.4 is 25.6 Å². The Morgan fingerprint density at radius 1 is 0.590 bits per heavy atom. The van der Waals surface area contributed by atoms with Crippen LogP contribution in [-0.4, -0.2) is 70.7 Å². The molecule has 8 nitrogen and oxygen atoms in total. The minimum atomic E-state index is 0.164. The second kappa shape index (κ2) is 27.9. The Morgan fingerprint density at radius 2 is 1.02 bits per heavy atom. The Bertz CT molecular complexity index is 1910. The van der Waals surface area contributed by atoms with Gasteiger partial charge in [-0.05, 0) is 162 Å². The summed E-state index contributed by atoms with van der Waals surface area (Å²) in [5, 5.41) is 9.87. The molecule has 7 rings (SSSR count). The summed E-state index contributed by atoms with van der Waals surface area (Å²) in [7, 11) is 3.99. The van der Waals surface area contributed by atoms with E-state index in [0.717, 1.165) is 117 Å². The van der Waals surface area contributed by atoms with E-state index in [-0.39, 0.29) is 29.3 Å². The molecule has 0 spiro atoms. The first-order valence-corrected chi connectivity index (χ1v) is 22.7. The molecule has 0 atom stereocenters. The number of nitrogens with zero attached hydrogens (tertiary/aromatic N) is 1. The average Bonchev–Trinajstić information content (AvgIpc) is 3.33. The molecule has 0 amide bonds. The van der Waals surface area contributed by atoms with E-state index >= 15 is 0 Å². The number of ketones is 3. The number of hydrogen-bond acceptors (Lipinski definition) is 8. The lowest BCUT2D eigenvalue weighted by Gasteiger charge is -2.22. The number of anilines is 1. The fourth-order valence-corrected chi connectivity index (χ4v) is 7.59. The highest BCUT2D eigenvalue weighted by Gasteiger charge is 2.24. The van der Waals surface area contributed by atoms with Gasteiger partial charge in [-0.2, -0.15) is 0 Å². The second-order valence-corrected chi connectivity index (χ2v) is 15.6. The number of ether oxygens (including phenoxy) is 1. The zero-order valence-electron chi connectivity index (χ0n) is 38.4. The van der Waals surface area contributed by atoms with Crippen LogP contribution in [0, 0.1) is 31.6 Å². The molecule has 3 aliphatic heterocycles. The van der Waals surface area contributed by atoms with Gasteiger partial charge < -0.3 is 25.6 Å². The van der Waals surface area contributed by atoms with Crippen molar-refractivity contribution in [1.29, 1.82) is 0 Å². The molecule has 8 heteroatoms. The number of hydrogen-bond donors (Lipinski definition) is 3. The summed E-state index contributed by atoms with van der Waals surface area (Å²) in [5.41, 5.74) is 8.20. The number of aryl methyl sites for hydroxylation is 2. The Hall–Kier alpha value is -4.89. The smallest absolute Gasteiger partial charge is 0.166 e. The van der Waals surface area contributed by atoms with Crippen molar-refractivity contribution < 1.29 is 19.1 Å². The minimum Gasteiger partial charge on any atom is -0.489 e. The summed E-state index contributed by atoms with van der Waals surface area (Å²) in [6, 6.07) is 29.5. The Labute approximate surface area is 368 Å². The lowest BCUT2D eigenvalue weighted by Crippen LogP contribution is -2.31. The monoisotopic (exact) mass is 831 g/mol. The molecule has 4 aromatic carbocycles. The van der Waals surface area contributed by atoms with Crippen LogP contribution in [0.1, 0.15) is 120 Å². The maximum atomic E-state index is 12.5. The maximum absolute atomic E-state index is 12.5. The molecule has 330 valence electrons. The fraction of sp³-hybridized carbons (Fsp3) is 0.453. The van der Waals surface area contributed by atoms with Crippen molar-refractivity contribution in [1.82, 2.24) is 16.0 Å². The largest absolute Gasteiger partial charge is 0.489 e. The van der Waals surface area contributed by atoms with E-state index in [9.17, 15) is 14.4 Å². The van der Waals surface area contributed by atoms with Gasteiger partial charge in [-0.25, -0.2) is 0 Å². The van der Waals surface area contributed by atoms with Gasteiger partial charge in [0.15, 0.2) is 17.3 Å². The number of benzene rings is 4. The first-order chi connectivity index (χ1) is 29.6. The normalized spacial score (nSPS) is 15.3. The van der Waals surface area contributed by atoms with Crippen LogP contribution in [0.4, 0.5) is 5.69 Å². The van der Waals surface area contributed by atoms with Crippen LogP contribution in [0.5, 0.6) is 5.75 Å². The van der Waals surface area contributed by atoms with Gasteiger partial charge in [0.25, 0.3) is 0 Å². The molecule has 3 aliphatic rings. The van der Waals surface area contributed by atoms with Crippen molar-refractivity contribution in [3.63, 3.8) is 0 Å². The third kappa shape index (κ3) is 16.1. The van der Waals surface area contributed by atoms with Crippen molar-refractivity contribution in [2.24, 2.45) is 17.8 Å². The van der Waals surface area contributed by atoms with E-state index in [1.54, 1.807) is 0 Å². The van der Waals surface area contributed by atoms with Crippen LogP contribution in [0.3, 0.4) is 0 Å². The molecule has 3 N–H and O–H groups in total. The van der Waals surface area contributed by atoms with Crippen molar-refractivity contribution in [3.8, 4) is 5.75 Å². The molecule has 4 aromatic rings. The van der Waals surface area contributed by atoms with Gasteiger partial charge in [0, 0.05) is 54.2 Å². The minimum absolute atomic E-state index is 0.164. The summed E-state index contributed by atoms with van der Waals surface area (Å²) in [6.07, 6.45) is 7.53. The van der Waals surface area contributed by atoms with E-state index in [2.05, 4.69) is 36.4 Å². The van der Waals surface area contributed by atoms with Gasteiger partial charge in [-0.15, -0.1) is 0 Å². The first-order valence-electron chi connectivity index (χ1n) is 22.7. The molecular formula is C53H74N4O4. The van der Waals surface area contributed by atoms with Gasteiger partial charge in [-0.3, -0.25) is 14.4 Å². The predicted molar refractivity (Wildman–Crippen MR) is 256 cm³/mol. The molecule has 3 heterocycles. The van der Waals surface area contributed by atoms with E-state index in [1.165, 1.54) is 11.1 Å². The van der Waals surface area contributed by atoms with Crippen molar-refractivity contribution in [3.05, 3.63) is 137 Å². The highest BCUT2D eigenvalue weighted by atomic mass is 16.5. The molecule has 0 aromatic heterocycles. The molecular weight excluding hydrogens is 757 g/mol. The SMILES string of the molecule is C=Cc1cc(C(=O)C2CCNCC2)ccc1N(C)C.CC.CC.Cc1ccc(C(=O)C2CCNCC2)cc1C.O=C(c1ccc(OCc2ccccc2)cc1)C1CCNCC1. The Kier molecular flexibility index (Phi) is 23.0. The van der Waals surface area contributed by atoms with E-state index in [0.29, 0.717) is 12.4 Å². The maximum Gasteiger partial charge on any atom is 0.166 e. The second-order valence-electron chi connectivity index (χ2n) is 15.6. The molecule has 0 radical (unpaired) electrons. The lowest BCUT2D eigenvalue weighted by atomic mass is 9.89. The number of Topliss-reactive ketones (excluding diaryl/α,β-unsaturated/α-hetero) is 3. The Balaban J connectivity index is 0.000000237. The lowest BCUT2D eigenvalue weighted by molar-refractivity contribution is 0.0888. The van der Waals surface area contributed by atoms with Gasteiger partial charge in [-0.1, -0.05) is 82.8 Å². The van der Waals surface area contributed by atoms with Gasteiger partial charge in [0.2, 0.25) is 0 Å². The number of nitrogens with one attached hydrogen (secondary N) is 3. The van der Waals surface area contributed by atoms with Gasteiger partial charge in [0.05, 0.1) is 0 Å². The van der Waals surface area contributed by atoms with Crippen LogP contribution >= 0.6 is 0 Å². The van der Waals surface area contributed by atoms with E-state index < -0.39 is 0 Å². The van der Waals surface area contributed by atoms with E-state index in [1.807, 2.05) is 144 Å². The number of carbonyl (C=O) groups is 3. The number of carbonyl (C=O) groups excluding carboxylic acids is 3. The first kappa shape index (κ1) is 50.5. The number of piperidine rings is 3. The molecule has 0 bridgehead atoms. The van der Waals surface area contributed by atoms with Crippen LogP contribution in [0.15, 0.2) is 97.6 Å². The number of rotatable bonds is 11. The topological polar surface area (TPSA) is 99.8 Å². The quantitative estimate of drug-likeness (QED) is 0.129. The van der Waals surface area contributed by atoms with Crippen LogP contribution in [0.2, 0.25) is 0 Å². The highest BCUT2D eigenvalue weighted by Crippen LogP contribution is 2.26. The van der Waals surface area contributed by atoms with Crippen molar-refractivity contribution >= 4 is 29.1 Å². The summed E-state index contributed by atoms with van der Waals surface area (Å²) >= 11 is 0. The fourth-order valence-electron chi connectivity index (χ4n) is 7.59. The zero-order valence-corrected chi connectivity index (χ0v) is 38.4. The summed E-state index contributed by atoms with van der Waals surface area (Å²) < 4.78 is 5.75. The summed E-state index contributed by atoms with van der Waals surface area (Å²) in [4.78, 5) is 39.2. The molecule has 0 aliphatic carbocycles. The average molecular weight is 831 g/mol. The van der Waals surface area contributed by atoms with Crippen molar-refractivity contribution in [2.75, 3.05) is 58.3 Å². The third-order valence-corrected chi connectivity index (χ3v) is 11.3. The Morgan fingerprint density at radius 3 is 1.46 bits per heavy atom. The molecule has 0 saturated carbocycles. The van der Waals surface area contributed by atoms with Gasteiger partial charge in [0.1, 0.15) is 12.4 Å². The third-order valence-electron chi connectivity index (χ3n) is 11.3. The molecule has 0 unspecified atom stereocenters. The molecule has 61 heavy (non-hydrogen) atoms. The van der Waals surface area contributed by atoms with Crippen molar-refractivity contribution in [2.45, 2.75) is 86.7 Å². The zero-order chi connectivity index (χ0) is 44.6. The molecule has 3 fully saturated rings. The highest BCUT2D eigenvalue weighted by molar-refractivity contribution is 5.99.